The number of hydrogen-bond donors (Lipinski definition) is 0. The molecule has 0 bridgehead atoms. The van der Waals surface area contributed by atoms with Gasteiger partial charge in [0.2, 0.25) is 0 Å². The summed E-state index contributed by atoms with van der Waals surface area (Å²) in [5.74, 6) is -15.4. The van der Waals surface area contributed by atoms with E-state index in [1.54, 1.807) is 0 Å². The van der Waals surface area contributed by atoms with Gasteiger partial charge in [-0.3, -0.25) is 4.79 Å². The molecule has 2 fully saturated rings. The molecule has 0 amide bonds. The first kappa shape index (κ1) is 27.0. The van der Waals surface area contributed by atoms with Gasteiger partial charge in [0.15, 0.2) is 0 Å². The quantitative estimate of drug-likeness (QED) is 0.300. The predicted molar refractivity (Wildman–Crippen MR) is 113 cm³/mol. The van der Waals surface area contributed by atoms with Crippen molar-refractivity contribution < 1.29 is 49.8 Å². The van der Waals surface area contributed by atoms with Gasteiger partial charge in [-0.05, 0) is 73.3 Å². The smallest absolute Gasteiger partial charge is 0.460 e. The number of allylic oxidation sites excluding steroid dienone is 4. The highest BCUT2D eigenvalue weighted by atomic mass is 19.4. The molecule has 0 heterocycles. The summed E-state index contributed by atoms with van der Waals surface area (Å²) >= 11 is 0. The molecule has 0 aromatic rings. The van der Waals surface area contributed by atoms with Gasteiger partial charge >= 0.3 is 30.0 Å². The number of fused-ring (bicyclic) bond motifs is 5. The van der Waals surface area contributed by atoms with E-state index in [0.29, 0.717) is 30.3 Å². The number of carbonyl (C=O) groups is 2. The standard InChI is InChI=1S/C25H29F7O4/c1-13(33)35-19-7-6-17-16-5-4-14-12-15(8-10-21(14,2)18(16)9-11-22(17,19)3)36-20(34)23(26,27)24(28,29)25(30,31)32/h4,12,16-19H,5-11H2,1-3H3. The van der Waals surface area contributed by atoms with Crippen LogP contribution in [-0.4, -0.2) is 36.1 Å². The fourth-order valence-electron chi connectivity index (χ4n) is 7.22. The lowest BCUT2D eigenvalue weighted by atomic mass is 9.48. The molecule has 0 N–H and O–H groups in total. The molecule has 4 nitrogen and oxygen atoms in total. The molecule has 4 aliphatic carbocycles. The van der Waals surface area contributed by atoms with E-state index in [2.05, 4.69) is 11.7 Å². The first-order chi connectivity index (χ1) is 16.4. The lowest BCUT2D eigenvalue weighted by Crippen LogP contribution is -2.56. The molecular weight excluding hydrogens is 497 g/mol. The van der Waals surface area contributed by atoms with Crippen molar-refractivity contribution in [3.8, 4) is 0 Å². The SMILES string of the molecule is CC(=O)OC1CCC2C3CC=C4C=C(OC(=O)C(F)(F)C(F)(F)C(F)(F)F)CCC4(C)C3CCC12C. The van der Waals surface area contributed by atoms with Crippen LogP contribution in [0.2, 0.25) is 0 Å². The van der Waals surface area contributed by atoms with Crippen molar-refractivity contribution in [3.63, 3.8) is 0 Å². The maximum absolute atomic E-state index is 13.7. The highest BCUT2D eigenvalue weighted by Gasteiger charge is 2.77. The van der Waals surface area contributed by atoms with Crippen LogP contribution in [0.1, 0.15) is 65.7 Å². The van der Waals surface area contributed by atoms with Gasteiger partial charge in [0, 0.05) is 18.8 Å². The van der Waals surface area contributed by atoms with Gasteiger partial charge in [-0.15, -0.1) is 0 Å². The fourth-order valence-corrected chi connectivity index (χ4v) is 7.22. The van der Waals surface area contributed by atoms with Gasteiger partial charge in [0.25, 0.3) is 0 Å². The third-order valence-corrected chi connectivity index (χ3v) is 9.18. The number of ether oxygens (including phenoxy) is 2. The van der Waals surface area contributed by atoms with Gasteiger partial charge < -0.3 is 9.47 Å². The minimum atomic E-state index is -6.61. The van der Waals surface area contributed by atoms with Crippen LogP contribution >= 0.6 is 0 Å². The van der Waals surface area contributed by atoms with Crippen molar-refractivity contribution in [1.82, 2.24) is 0 Å². The first-order valence-electron chi connectivity index (χ1n) is 12.1. The van der Waals surface area contributed by atoms with Crippen molar-refractivity contribution in [1.29, 1.82) is 0 Å². The molecule has 4 rings (SSSR count). The third kappa shape index (κ3) is 3.95. The molecule has 11 heteroatoms. The van der Waals surface area contributed by atoms with E-state index in [1.807, 2.05) is 13.0 Å². The summed E-state index contributed by atoms with van der Waals surface area (Å²) in [5.41, 5.74) is 0.175. The summed E-state index contributed by atoms with van der Waals surface area (Å²) in [6, 6.07) is 0. The predicted octanol–water partition coefficient (Wildman–Crippen LogP) is 6.75. The molecule has 0 aromatic heterocycles. The molecule has 0 aliphatic heterocycles. The van der Waals surface area contributed by atoms with E-state index >= 15 is 0 Å². The average molecular weight is 526 g/mol. The second kappa shape index (κ2) is 8.48. The lowest BCUT2D eigenvalue weighted by Gasteiger charge is -2.56. The Morgan fingerprint density at radius 1 is 0.972 bits per heavy atom. The Morgan fingerprint density at radius 2 is 1.64 bits per heavy atom. The van der Waals surface area contributed by atoms with Gasteiger partial charge in [-0.25, -0.2) is 4.79 Å². The van der Waals surface area contributed by atoms with E-state index in [0.717, 1.165) is 25.7 Å². The molecule has 0 saturated heterocycles. The lowest BCUT2D eigenvalue weighted by molar-refractivity contribution is -0.347. The van der Waals surface area contributed by atoms with Crippen molar-refractivity contribution in [2.45, 2.75) is 89.8 Å². The Balaban J connectivity index is 1.54. The molecule has 4 aliphatic rings. The van der Waals surface area contributed by atoms with E-state index < -0.39 is 29.4 Å². The summed E-state index contributed by atoms with van der Waals surface area (Å²) in [6.07, 6.45) is 0.850. The Hall–Kier alpha value is -2.07. The van der Waals surface area contributed by atoms with Gasteiger partial charge in [0.1, 0.15) is 11.9 Å². The first-order valence-corrected chi connectivity index (χ1v) is 12.1. The van der Waals surface area contributed by atoms with Crippen LogP contribution in [0.4, 0.5) is 30.7 Å². The van der Waals surface area contributed by atoms with Gasteiger partial charge in [-0.1, -0.05) is 19.9 Å². The molecule has 36 heavy (non-hydrogen) atoms. The van der Waals surface area contributed by atoms with Crippen LogP contribution in [-0.2, 0) is 19.1 Å². The second-order valence-corrected chi connectivity index (χ2v) is 11.1. The van der Waals surface area contributed by atoms with Crippen LogP contribution in [0.3, 0.4) is 0 Å². The normalized spacial score (nSPS) is 36.6. The zero-order chi connectivity index (χ0) is 26.9. The minimum absolute atomic E-state index is 0.0471. The monoisotopic (exact) mass is 526 g/mol. The average Bonchev–Trinajstić information content (AvgIpc) is 3.08. The van der Waals surface area contributed by atoms with Crippen molar-refractivity contribution in [2.24, 2.45) is 28.6 Å². The largest absolute Gasteiger partial charge is 0.462 e. The number of esters is 2. The maximum atomic E-state index is 13.7. The van der Waals surface area contributed by atoms with Crippen LogP contribution in [0.5, 0.6) is 0 Å². The maximum Gasteiger partial charge on any atom is 0.460 e. The molecule has 2 saturated carbocycles. The van der Waals surface area contributed by atoms with Gasteiger partial charge in [0.05, 0.1) is 0 Å². The molecule has 6 unspecified atom stereocenters. The number of hydrogen-bond acceptors (Lipinski definition) is 4. The molecule has 202 valence electrons. The van der Waals surface area contributed by atoms with Crippen LogP contribution < -0.4 is 0 Å². The number of carbonyl (C=O) groups excluding carboxylic acids is 2. The summed E-state index contributed by atoms with van der Waals surface area (Å²) in [5, 5.41) is 0. The molecule has 0 spiro atoms. The second-order valence-electron chi connectivity index (χ2n) is 11.1. The van der Waals surface area contributed by atoms with E-state index in [9.17, 15) is 40.3 Å². The van der Waals surface area contributed by atoms with Crippen LogP contribution in [0.25, 0.3) is 0 Å². The molecule has 0 radical (unpaired) electrons. The van der Waals surface area contributed by atoms with Gasteiger partial charge in [-0.2, -0.15) is 30.7 Å². The summed E-state index contributed by atoms with van der Waals surface area (Å²) < 4.78 is 101. The summed E-state index contributed by atoms with van der Waals surface area (Å²) in [7, 11) is 0. The van der Waals surface area contributed by atoms with E-state index in [1.165, 1.54) is 13.0 Å². The Kier molecular flexibility index (Phi) is 6.35. The van der Waals surface area contributed by atoms with Crippen molar-refractivity contribution in [2.75, 3.05) is 0 Å². The number of rotatable bonds is 4. The Bertz CT molecular complexity index is 1000. The van der Waals surface area contributed by atoms with E-state index in [4.69, 9.17) is 4.74 Å². The zero-order valence-corrected chi connectivity index (χ0v) is 20.2. The Labute approximate surface area is 204 Å². The highest BCUT2D eigenvalue weighted by Crippen LogP contribution is 2.65. The highest BCUT2D eigenvalue weighted by molar-refractivity contribution is 5.80. The summed E-state index contributed by atoms with van der Waals surface area (Å²) in [4.78, 5) is 23.3. The van der Waals surface area contributed by atoms with Crippen molar-refractivity contribution >= 4 is 11.9 Å². The molecule has 6 atom stereocenters. The number of halogens is 7. The topological polar surface area (TPSA) is 52.6 Å². The minimum Gasteiger partial charge on any atom is -0.462 e. The van der Waals surface area contributed by atoms with Crippen molar-refractivity contribution in [3.05, 3.63) is 23.5 Å². The number of alkyl halides is 7. The van der Waals surface area contributed by atoms with Crippen LogP contribution in [0, 0.1) is 28.6 Å². The molecule has 0 aromatic carbocycles. The third-order valence-electron chi connectivity index (χ3n) is 9.18. The fraction of sp³-hybridized carbons (Fsp3) is 0.760. The van der Waals surface area contributed by atoms with E-state index in [-0.39, 0.29) is 35.6 Å². The zero-order valence-electron chi connectivity index (χ0n) is 20.2. The summed E-state index contributed by atoms with van der Waals surface area (Å²) in [6.45, 7) is 5.58. The Morgan fingerprint density at radius 3 is 2.25 bits per heavy atom. The van der Waals surface area contributed by atoms with Crippen LogP contribution in [0.15, 0.2) is 23.5 Å². The molecular formula is C25H29F7O4.